The molecule has 0 aromatic carbocycles. The van der Waals surface area contributed by atoms with Gasteiger partial charge in [0.05, 0.1) is 5.69 Å². The number of hydrogen-bond donors (Lipinski definition) is 0. The summed E-state index contributed by atoms with van der Waals surface area (Å²) < 4.78 is 1.88. The van der Waals surface area contributed by atoms with Gasteiger partial charge in [0.2, 0.25) is 0 Å². The molecule has 0 spiro atoms. The summed E-state index contributed by atoms with van der Waals surface area (Å²) in [7, 11) is 2.15. The van der Waals surface area contributed by atoms with Crippen LogP contribution in [0.15, 0.2) is 18.5 Å². The molecule has 2 aromatic rings. The van der Waals surface area contributed by atoms with Gasteiger partial charge in [-0.15, -0.1) is 0 Å². The fourth-order valence-corrected chi connectivity index (χ4v) is 2.56. The Morgan fingerprint density at radius 2 is 1.60 bits per heavy atom. The van der Waals surface area contributed by atoms with Crippen molar-refractivity contribution in [3.8, 4) is 5.82 Å². The normalized spacial score (nSPS) is 16.6. The molecule has 0 N–H and O–H groups in total. The van der Waals surface area contributed by atoms with Gasteiger partial charge in [-0.25, -0.2) is 14.6 Å². The van der Waals surface area contributed by atoms with E-state index in [1.165, 1.54) is 0 Å². The van der Waals surface area contributed by atoms with Gasteiger partial charge in [0, 0.05) is 44.3 Å². The Labute approximate surface area is 119 Å². The SMILES string of the molecule is Cc1cc(C)n(-c2nccnc2N2CCN(C)CC2)n1. The van der Waals surface area contributed by atoms with Gasteiger partial charge in [-0.2, -0.15) is 5.10 Å². The Hall–Kier alpha value is -1.95. The van der Waals surface area contributed by atoms with Crippen molar-refractivity contribution in [2.45, 2.75) is 13.8 Å². The molecule has 0 atom stereocenters. The van der Waals surface area contributed by atoms with Crippen LogP contribution in [0.25, 0.3) is 5.82 Å². The Balaban J connectivity index is 1.98. The molecule has 106 valence electrons. The van der Waals surface area contributed by atoms with Gasteiger partial charge in [-0.1, -0.05) is 0 Å². The Kier molecular flexibility index (Phi) is 3.40. The Bertz CT molecular complexity index is 597. The van der Waals surface area contributed by atoms with E-state index in [2.05, 4.69) is 38.0 Å². The first-order valence-electron chi connectivity index (χ1n) is 6.93. The minimum absolute atomic E-state index is 0.822. The summed E-state index contributed by atoms with van der Waals surface area (Å²) in [6.07, 6.45) is 3.48. The molecule has 20 heavy (non-hydrogen) atoms. The van der Waals surface area contributed by atoms with E-state index in [1.807, 2.05) is 18.5 Å². The van der Waals surface area contributed by atoms with Gasteiger partial charge < -0.3 is 9.80 Å². The molecule has 1 aliphatic heterocycles. The number of aromatic nitrogens is 4. The molecule has 0 bridgehead atoms. The van der Waals surface area contributed by atoms with E-state index in [1.54, 1.807) is 12.4 Å². The van der Waals surface area contributed by atoms with Crippen LogP contribution in [0.3, 0.4) is 0 Å². The van der Waals surface area contributed by atoms with Gasteiger partial charge in [0.1, 0.15) is 0 Å². The molecule has 0 radical (unpaired) electrons. The summed E-state index contributed by atoms with van der Waals surface area (Å²) in [6, 6.07) is 2.06. The maximum atomic E-state index is 4.54. The fraction of sp³-hybridized carbons (Fsp3) is 0.500. The molecule has 0 aliphatic carbocycles. The van der Waals surface area contributed by atoms with E-state index >= 15 is 0 Å². The second kappa shape index (κ2) is 5.20. The van der Waals surface area contributed by atoms with E-state index in [-0.39, 0.29) is 0 Å². The van der Waals surface area contributed by atoms with Crippen molar-refractivity contribution < 1.29 is 0 Å². The summed E-state index contributed by atoms with van der Waals surface area (Å²) in [5, 5.41) is 4.53. The lowest BCUT2D eigenvalue weighted by Crippen LogP contribution is -2.45. The van der Waals surface area contributed by atoms with Crippen molar-refractivity contribution in [1.82, 2.24) is 24.6 Å². The summed E-state index contributed by atoms with van der Waals surface area (Å²) >= 11 is 0. The molecule has 0 unspecified atom stereocenters. The van der Waals surface area contributed by atoms with E-state index in [0.29, 0.717) is 0 Å². The van der Waals surface area contributed by atoms with Gasteiger partial charge in [0.15, 0.2) is 11.6 Å². The van der Waals surface area contributed by atoms with Crippen LogP contribution in [0.5, 0.6) is 0 Å². The highest BCUT2D eigenvalue weighted by atomic mass is 15.4. The molecule has 1 aliphatic rings. The van der Waals surface area contributed by atoms with Crippen LogP contribution in [0, 0.1) is 13.8 Å². The Morgan fingerprint density at radius 3 is 2.20 bits per heavy atom. The molecule has 3 heterocycles. The second-order valence-electron chi connectivity index (χ2n) is 5.33. The standard InChI is InChI=1S/C14H20N6/c1-11-10-12(2)20(17-11)14-13(15-4-5-16-14)19-8-6-18(3)7-9-19/h4-5,10H,6-9H2,1-3H3. The summed E-state index contributed by atoms with van der Waals surface area (Å²) in [5.41, 5.74) is 2.08. The predicted octanol–water partition coefficient (Wildman–Crippen LogP) is 1.03. The van der Waals surface area contributed by atoms with E-state index in [9.17, 15) is 0 Å². The first-order valence-corrected chi connectivity index (χ1v) is 6.93. The lowest BCUT2D eigenvalue weighted by Gasteiger charge is -2.33. The summed E-state index contributed by atoms with van der Waals surface area (Å²) in [4.78, 5) is 13.7. The van der Waals surface area contributed by atoms with Crippen LogP contribution in [0.1, 0.15) is 11.4 Å². The largest absolute Gasteiger partial charge is 0.351 e. The van der Waals surface area contributed by atoms with Crippen molar-refractivity contribution in [2.24, 2.45) is 0 Å². The number of hydrogen-bond acceptors (Lipinski definition) is 5. The quantitative estimate of drug-likeness (QED) is 0.817. The molecular weight excluding hydrogens is 252 g/mol. The van der Waals surface area contributed by atoms with Gasteiger partial charge in [0.25, 0.3) is 0 Å². The molecule has 6 heteroatoms. The number of piperazine rings is 1. The zero-order chi connectivity index (χ0) is 14.1. The molecule has 0 amide bonds. The van der Waals surface area contributed by atoms with Crippen molar-refractivity contribution in [3.63, 3.8) is 0 Å². The third kappa shape index (κ3) is 2.38. The molecule has 1 fully saturated rings. The minimum Gasteiger partial charge on any atom is -0.351 e. The fourth-order valence-electron chi connectivity index (χ4n) is 2.56. The van der Waals surface area contributed by atoms with Crippen molar-refractivity contribution in [3.05, 3.63) is 29.8 Å². The van der Waals surface area contributed by atoms with Gasteiger partial charge >= 0.3 is 0 Å². The number of likely N-dealkylation sites (N-methyl/N-ethyl adjacent to an activating group) is 1. The van der Waals surface area contributed by atoms with Crippen LogP contribution in [-0.4, -0.2) is 57.9 Å². The summed E-state index contributed by atoms with van der Waals surface area (Å²) in [6.45, 7) is 8.08. The monoisotopic (exact) mass is 272 g/mol. The summed E-state index contributed by atoms with van der Waals surface area (Å²) in [5.74, 6) is 1.74. The Morgan fingerprint density at radius 1 is 0.950 bits per heavy atom. The van der Waals surface area contributed by atoms with Gasteiger partial charge in [-0.3, -0.25) is 0 Å². The minimum atomic E-state index is 0.822. The first kappa shape index (κ1) is 13.1. The van der Waals surface area contributed by atoms with Crippen LogP contribution in [-0.2, 0) is 0 Å². The van der Waals surface area contributed by atoms with Crippen LogP contribution < -0.4 is 4.90 Å². The average molecular weight is 272 g/mol. The zero-order valence-corrected chi connectivity index (χ0v) is 12.2. The maximum Gasteiger partial charge on any atom is 0.197 e. The van der Waals surface area contributed by atoms with Crippen molar-refractivity contribution in [2.75, 3.05) is 38.1 Å². The van der Waals surface area contributed by atoms with Crippen LogP contribution in [0.2, 0.25) is 0 Å². The second-order valence-corrected chi connectivity index (χ2v) is 5.33. The number of aryl methyl sites for hydroxylation is 2. The third-order valence-corrected chi connectivity index (χ3v) is 3.67. The average Bonchev–Trinajstić information content (AvgIpc) is 2.78. The smallest absolute Gasteiger partial charge is 0.197 e. The molecule has 6 nitrogen and oxygen atoms in total. The number of nitrogens with zero attached hydrogens (tertiary/aromatic N) is 6. The molecule has 3 rings (SSSR count). The molecular formula is C14H20N6. The van der Waals surface area contributed by atoms with Crippen molar-refractivity contribution >= 4 is 5.82 Å². The molecule has 0 saturated carbocycles. The predicted molar refractivity (Wildman–Crippen MR) is 78.3 cm³/mol. The van der Waals surface area contributed by atoms with Crippen LogP contribution in [0.4, 0.5) is 5.82 Å². The molecule has 1 saturated heterocycles. The third-order valence-electron chi connectivity index (χ3n) is 3.67. The lowest BCUT2D eigenvalue weighted by molar-refractivity contribution is 0.312. The maximum absolute atomic E-state index is 4.54. The van der Waals surface area contributed by atoms with Crippen LogP contribution >= 0.6 is 0 Å². The van der Waals surface area contributed by atoms with E-state index in [4.69, 9.17) is 0 Å². The highest BCUT2D eigenvalue weighted by molar-refractivity contribution is 5.53. The highest BCUT2D eigenvalue weighted by Gasteiger charge is 2.20. The highest BCUT2D eigenvalue weighted by Crippen LogP contribution is 2.21. The van der Waals surface area contributed by atoms with E-state index < -0.39 is 0 Å². The van der Waals surface area contributed by atoms with E-state index in [0.717, 1.165) is 49.2 Å². The lowest BCUT2D eigenvalue weighted by atomic mass is 10.3. The topological polar surface area (TPSA) is 50.1 Å². The van der Waals surface area contributed by atoms with Gasteiger partial charge in [-0.05, 0) is 27.0 Å². The molecule has 2 aromatic heterocycles. The number of rotatable bonds is 2. The first-order chi connectivity index (χ1) is 9.65. The number of anilines is 1. The van der Waals surface area contributed by atoms with Crippen molar-refractivity contribution in [1.29, 1.82) is 0 Å². The zero-order valence-electron chi connectivity index (χ0n) is 12.2.